The second-order valence-corrected chi connectivity index (χ2v) is 4.94. The van der Waals surface area contributed by atoms with Crippen molar-refractivity contribution >= 4 is 11.9 Å². The fourth-order valence-electron chi connectivity index (χ4n) is 2.42. The lowest BCUT2D eigenvalue weighted by Crippen LogP contribution is -2.45. The Hall–Kier alpha value is -1.10. The van der Waals surface area contributed by atoms with Gasteiger partial charge < -0.3 is 16.2 Å². The molecule has 2 aliphatic carbocycles. The molecule has 0 saturated heterocycles. The van der Waals surface area contributed by atoms with Crippen molar-refractivity contribution in [3.63, 3.8) is 0 Å². The van der Waals surface area contributed by atoms with E-state index in [9.17, 15) is 9.59 Å². The van der Waals surface area contributed by atoms with Crippen molar-refractivity contribution in [2.24, 2.45) is 17.1 Å². The molecule has 0 aliphatic heterocycles. The highest BCUT2D eigenvalue weighted by Crippen LogP contribution is 2.45. The predicted molar refractivity (Wildman–Crippen MR) is 57.6 cm³/mol. The third-order valence-electron chi connectivity index (χ3n) is 3.88. The first-order valence-electron chi connectivity index (χ1n) is 5.83. The van der Waals surface area contributed by atoms with E-state index < -0.39 is 11.9 Å². The van der Waals surface area contributed by atoms with Gasteiger partial charge in [-0.3, -0.25) is 9.59 Å². The zero-order chi connectivity index (χ0) is 11.8. The van der Waals surface area contributed by atoms with Gasteiger partial charge in [-0.25, -0.2) is 0 Å². The van der Waals surface area contributed by atoms with Crippen LogP contribution >= 0.6 is 0 Å². The van der Waals surface area contributed by atoms with Gasteiger partial charge in [0.1, 0.15) is 0 Å². The molecule has 1 amide bonds. The highest BCUT2D eigenvalue weighted by Gasteiger charge is 2.49. The molecule has 5 heteroatoms. The molecule has 2 aliphatic rings. The maximum absolute atomic E-state index is 11.9. The van der Waals surface area contributed by atoms with E-state index in [1.165, 1.54) is 0 Å². The van der Waals surface area contributed by atoms with Crippen molar-refractivity contribution in [2.45, 2.75) is 38.1 Å². The number of carbonyl (C=O) groups excluding carboxylic acids is 1. The Morgan fingerprint density at radius 3 is 2.56 bits per heavy atom. The van der Waals surface area contributed by atoms with Crippen LogP contribution in [0.5, 0.6) is 0 Å². The molecule has 0 aromatic heterocycles. The van der Waals surface area contributed by atoms with Crippen molar-refractivity contribution in [3.8, 4) is 0 Å². The summed E-state index contributed by atoms with van der Waals surface area (Å²) in [6, 6.07) is -0.200. The van der Waals surface area contributed by atoms with Gasteiger partial charge in [-0.1, -0.05) is 6.42 Å². The van der Waals surface area contributed by atoms with Crippen molar-refractivity contribution in [1.82, 2.24) is 5.32 Å². The average molecular weight is 226 g/mol. The molecule has 0 aromatic carbocycles. The van der Waals surface area contributed by atoms with Crippen LogP contribution in [-0.4, -0.2) is 29.6 Å². The molecule has 5 nitrogen and oxygen atoms in total. The Balaban J connectivity index is 1.94. The van der Waals surface area contributed by atoms with Crippen molar-refractivity contribution < 1.29 is 14.7 Å². The third-order valence-corrected chi connectivity index (χ3v) is 3.88. The number of carbonyl (C=O) groups is 2. The van der Waals surface area contributed by atoms with E-state index in [0.29, 0.717) is 13.0 Å². The van der Waals surface area contributed by atoms with E-state index in [0.717, 1.165) is 25.7 Å². The predicted octanol–water partition coefficient (Wildman–Crippen LogP) is 0.0948. The molecule has 2 atom stereocenters. The Morgan fingerprint density at radius 1 is 1.38 bits per heavy atom. The first-order chi connectivity index (χ1) is 7.59. The number of carboxylic acid groups (broad SMARTS) is 1. The largest absolute Gasteiger partial charge is 0.481 e. The van der Waals surface area contributed by atoms with Gasteiger partial charge in [0.2, 0.25) is 5.91 Å². The van der Waals surface area contributed by atoms with E-state index in [1.807, 2.05) is 0 Å². The second-order valence-electron chi connectivity index (χ2n) is 4.94. The highest BCUT2D eigenvalue weighted by atomic mass is 16.4. The standard InChI is InChI=1S/C11H18N2O3/c12-6-11(4-5-11)10(16)13-8-3-1-2-7(8)9(14)15/h7-8H,1-6,12H2,(H,13,16)(H,14,15). The van der Waals surface area contributed by atoms with E-state index in [4.69, 9.17) is 10.8 Å². The van der Waals surface area contributed by atoms with Crippen LogP contribution in [0.3, 0.4) is 0 Å². The van der Waals surface area contributed by atoms with Crippen LogP contribution in [0.15, 0.2) is 0 Å². The molecule has 16 heavy (non-hydrogen) atoms. The zero-order valence-electron chi connectivity index (χ0n) is 9.24. The Kier molecular flexibility index (Phi) is 2.88. The second kappa shape index (κ2) is 4.05. The van der Waals surface area contributed by atoms with Gasteiger partial charge in [0, 0.05) is 12.6 Å². The number of hydrogen-bond acceptors (Lipinski definition) is 3. The van der Waals surface area contributed by atoms with Crippen molar-refractivity contribution in [3.05, 3.63) is 0 Å². The molecule has 2 unspecified atom stereocenters. The Bertz CT molecular complexity index is 312. The van der Waals surface area contributed by atoms with Gasteiger partial charge in [0.15, 0.2) is 0 Å². The molecule has 2 saturated carbocycles. The number of carboxylic acids is 1. The van der Waals surface area contributed by atoms with Crippen LogP contribution in [0, 0.1) is 11.3 Å². The average Bonchev–Trinajstić information content (AvgIpc) is 2.92. The number of nitrogens with one attached hydrogen (secondary N) is 1. The molecule has 90 valence electrons. The van der Waals surface area contributed by atoms with Gasteiger partial charge in [-0.05, 0) is 25.7 Å². The zero-order valence-corrected chi connectivity index (χ0v) is 9.24. The van der Waals surface area contributed by atoms with Crippen LogP contribution in [0.25, 0.3) is 0 Å². The van der Waals surface area contributed by atoms with Crippen LogP contribution in [0.4, 0.5) is 0 Å². The molecular weight excluding hydrogens is 208 g/mol. The minimum absolute atomic E-state index is 0.0480. The SMILES string of the molecule is NCC1(C(=O)NC2CCCC2C(=O)O)CC1. The van der Waals surface area contributed by atoms with E-state index in [-0.39, 0.29) is 17.4 Å². The first kappa shape index (κ1) is 11.4. The Morgan fingerprint density at radius 2 is 2.06 bits per heavy atom. The summed E-state index contributed by atoms with van der Waals surface area (Å²) in [6.45, 7) is 0.364. The molecule has 0 heterocycles. The maximum atomic E-state index is 11.9. The highest BCUT2D eigenvalue weighted by molar-refractivity contribution is 5.86. The molecule has 2 rings (SSSR count). The van der Waals surface area contributed by atoms with E-state index in [2.05, 4.69) is 5.32 Å². The van der Waals surface area contributed by atoms with Gasteiger partial charge in [0.05, 0.1) is 11.3 Å². The lowest BCUT2D eigenvalue weighted by molar-refractivity contribution is -0.142. The number of hydrogen-bond donors (Lipinski definition) is 3. The normalized spacial score (nSPS) is 31.1. The van der Waals surface area contributed by atoms with Gasteiger partial charge in [0.25, 0.3) is 0 Å². The van der Waals surface area contributed by atoms with Gasteiger partial charge >= 0.3 is 5.97 Å². The fourth-order valence-corrected chi connectivity index (χ4v) is 2.42. The first-order valence-corrected chi connectivity index (χ1v) is 5.83. The molecule has 0 spiro atoms. The molecule has 4 N–H and O–H groups in total. The van der Waals surface area contributed by atoms with Crippen LogP contribution in [0.1, 0.15) is 32.1 Å². The maximum Gasteiger partial charge on any atom is 0.308 e. The summed E-state index contributed by atoms with van der Waals surface area (Å²) >= 11 is 0. The molecule has 0 bridgehead atoms. The summed E-state index contributed by atoms with van der Waals surface area (Å²) in [5.41, 5.74) is 5.18. The van der Waals surface area contributed by atoms with Crippen molar-refractivity contribution in [2.75, 3.05) is 6.54 Å². The lowest BCUT2D eigenvalue weighted by Gasteiger charge is -2.21. The molecular formula is C11H18N2O3. The van der Waals surface area contributed by atoms with Crippen LogP contribution < -0.4 is 11.1 Å². The summed E-state index contributed by atoms with van der Waals surface area (Å²) in [6.07, 6.45) is 3.97. The van der Waals surface area contributed by atoms with Gasteiger partial charge in [-0.15, -0.1) is 0 Å². The number of aliphatic carboxylic acids is 1. The fraction of sp³-hybridized carbons (Fsp3) is 0.818. The van der Waals surface area contributed by atoms with Crippen LogP contribution in [-0.2, 0) is 9.59 Å². The Labute approximate surface area is 94.4 Å². The van der Waals surface area contributed by atoms with Crippen LogP contribution in [0.2, 0.25) is 0 Å². The summed E-state index contributed by atoms with van der Waals surface area (Å²) in [4.78, 5) is 22.9. The van der Waals surface area contributed by atoms with Gasteiger partial charge in [-0.2, -0.15) is 0 Å². The number of nitrogens with two attached hydrogens (primary N) is 1. The topological polar surface area (TPSA) is 92.4 Å². The lowest BCUT2D eigenvalue weighted by atomic mass is 10.0. The summed E-state index contributed by atoms with van der Waals surface area (Å²) < 4.78 is 0. The minimum atomic E-state index is -0.805. The third kappa shape index (κ3) is 1.91. The number of rotatable bonds is 4. The van der Waals surface area contributed by atoms with E-state index >= 15 is 0 Å². The minimum Gasteiger partial charge on any atom is -0.481 e. The quantitative estimate of drug-likeness (QED) is 0.633. The molecule has 2 fully saturated rings. The monoisotopic (exact) mass is 226 g/mol. The molecule has 0 aromatic rings. The summed E-state index contributed by atoms with van der Waals surface area (Å²) in [5.74, 6) is -1.27. The smallest absolute Gasteiger partial charge is 0.308 e. The summed E-state index contributed by atoms with van der Waals surface area (Å²) in [7, 11) is 0. The van der Waals surface area contributed by atoms with Crippen molar-refractivity contribution in [1.29, 1.82) is 0 Å². The number of amides is 1. The summed E-state index contributed by atoms with van der Waals surface area (Å²) in [5, 5.41) is 11.9. The van der Waals surface area contributed by atoms with E-state index in [1.54, 1.807) is 0 Å². The molecule has 0 radical (unpaired) electrons.